The Labute approximate surface area is 97.8 Å². The molecule has 1 aliphatic rings. The van der Waals surface area contributed by atoms with Crippen molar-refractivity contribution in [2.75, 3.05) is 19.7 Å². The van der Waals surface area contributed by atoms with Gasteiger partial charge >= 0.3 is 5.97 Å². The number of aromatic nitrogens is 1. The number of amides is 1. The van der Waals surface area contributed by atoms with Crippen molar-refractivity contribution in [2.24, 2.45) is 0 Å². The summed E-state index contributed by atoms with van der Waals surface area (Å²) in [5.74, 6) is -1.24. The second-order valence-corrected chi connectivity index (χ2v) is 3.68. The second kappa shape index (κ2) is 4.92. The van der Waals surface area contributed by atoms with E-state index in [-0.39, 0.29) is 19.1 Å². The molecule has 90 valence electrons. The molecule has 0 aromatic carbocycles. The first kappa shape index (κ1) is 11.5. The predicted octanol–water partition coefficient (Wildman–Crippen LogP) is 0.00720. The van der Waals surface area contributed by atoms with E-state index in [2.05, 4.69) is 4.98 Å². The molecule has 2 rings (SSSR count). The Morgan fingerprint density at radius 3 is 2.76 bits per heavy atom. The molecule has 1 saturated heterocycles. The Kier molecular flexibility index (Phi) is 3.34. The third kappa shape index (κ3) is 2.59. The monoisotopic (exact) mass is 236 g/mol. The third-order valence-electron chi connectivity index (χ3n) is 2.56. The average molecular weight is 236 g/mol. The fraction of sp³-hybridized carbons (Fsp3) is 0.364. The lowest BCUT2D eigenvalue weighted by Gasteiger charge is -2.30. The van der Waals surface area contributed by atoms with Gasteiger partial charge in [0.05, 0.1) is 13.2 Å². The summed E-state index contributed by atoms with van der Waals surface area (Å²) in [4.78, 5) is 28.1. The molecule has 0 bridgehead atoms. The summed E-state index contributed by atoms with van der Waals surface area (Å²) in [7, 11) is 0. The van der Waals surface area contributed by atoms with Gasteiger partial charge in [-0.05, 0) is 12.1 Å². The number of ether oxygens (including phenoxy) is 1. The van der Waals surface area contributed by atoms with E-state index in [9.17, 15) is 9.59 Å². The van der Waals surface area contributed by atoms with Gasteiger partial charge in [0.15, 0.2) is 6.10 Å². The number of rotatable bonds is 2. The van der Waals surface area contributed by atoms with Crippen molar-refractivity contribution < 1.29 is 19.4 Å². The number of morpholine rings is 1. The molecule has 0 radical (unpaired) electrons. The van der Waals surface area contributed by atoms with Crippen LogP contribution >= 0.6 is 0 Å². The van der Waals surface area contributed by atoms with Gasteiger partial charge in [-0.15, -0.1) is 0 Å². The summed E-state index contributed by atoms with van der Waals surface area (Å²) in [6.07, 6.45) is 2.12. The van der Waals surface area contributed by atoms with Crippen LogP contribution in [0.1, 0.15) is 10.4 Å². The first-order valence-electron chi connectivity index (χ1n) is 5.22. The van der Waals surface area contributed by atoms with Crippen LogP contribution in [0.2, 0.25) is 0 Å². The Hall–Kier alpha value is -1.95. The van der Waals surface area contributed by atoms with Crippen molar-refractivity contribution in [3.8, 4) is 0 Å². The molecule has 0 saturated carbocycles. The van der Waals surface area contributed by atoms with Crippen LogP contribution in [0, 0.1) is 0 Å². The smallest absolute Gasteiger partial charge is 0.334 e. The zero-order valence-electron chi connectivity index (χ0n) is 9.07. The van der Waals surface area contributed by atoms with Gasteiger partial charge in [-0.25, -0.2) is 4.79 Å². The first-order valence-corrected chi connectivity index (χ1v) is 5.22. The van der Waals surface area contributed by atoms with Crippen LogP contribution in [0.25, 0.3) is 0 Å². The molecule has 6 nitrogen and oxygen atoms in total. The quantitative estimate of drug-likeness (QED) is 0.782. The number of aliphatic carboxylic acids is 1. The van der Waals surface area contributed by atoms with Gasteiger partial charge in [0.25, 0.3) is 5.91 Å². The lowest BCUT2D eigenvalue weighted by Crippen LogP contribution is -2.48. The molecular weight excluding hydrogens is 224 g/mol. The lowest BCUT2D eigenvalue weighted by atomic mass is 10.2. The zero-order valence-corrected chi connectivity index (χ0v) is 9.07. The van der Waals surface area contributed by atoms with E-state index in [0.717, 1.165) is 0 Å². The van der Waals surface area contributed by atoms with E-state index < -0.39 is 12.1 Å². The molecule has 2 heterocycles. The molecule has 17 heavy (non-hydrogen) atoms. The largest absolute Gasteiger partial charge is 0.479 e. The number of nitrogens with zero attached hydrogens (tertiary/aromatic N) is 2. The normalized spacial score (nSPS) is 20.0. The van der Waals surface area contributed by atoms with E-state index in [1.165, 1.54) is 17.3 Å². The Morgan fingerprint density at radius 2 is 2.12 bits per heavy atom. The van der Waals surface area contributed by atoms with Gasteiger partial charge in [-0.2, -0.15) is 0 Å². The van der Waals surface area contributed by atoms with Crippen LogP contribution < -0.4 is 0 Å². The molecule has 1 fully saturated rings. The van der Waals surface area contributed by atoms with Crippen LogP contribution in [0.3, 0.4) is 0 Å². The summed E-state index contributed by atoms with van der Waals surface area (Å²) in [6, 6.07) is 3.21. The molecule has 1 N–H and O–H groups in total. The second-order valence-electron chi connectivity index (χ2n) is 3.68. The molecule has 0 aliphatic carbocycles. The molecule has 1 aromatic rings. The van der Waals surface area contributed by atoms with E-state index in [0.29, 0.717) is 12.1 Å². The van der Waals surface area contributed by atoms with E-state index in [4.69, 9.17) is 9.84 Å². The van der Waals surface area contributed by atoms with Gasteiger partial charge in [0, 0.05) is 24.5 Å². The maximum absolute atomic E-state index is 12.0. The number of hydrogen-bond donors (Lipinski definition) is 1. The van der Waals surface area contributed by atoms with E-state index >= 15 is 0 Å². The molecule has 0 spiro atoms. The standard InChI is InChI=1S/C11H12N2O4/c14-10(8-1-3-12-4-2-8)13-5-6-17-9(7-13)11(15)16/h1-4,9H,5-7H2,(H,15,16). The minimum Gasteiger partial charge on any atom is -0.479 e. The van der Waals surface area contributed by atoms with Crippen LogP contribution in [0.15, 0.2) is 24.5 Å². The summed E-state index contributed by atoms with van der Waals surface area (Å²) in [6.45, 7) is 0.731. The lowest BCUT2D eigenvalue weighted by molar-refractivity contribution is -0.154. The minimum absolute atomic E-state index is 0.0799. The number of carboxylic acid groups (broad SMARTS) is 1. The van der Waals surface area contributed by atoms with Gasteiger partial charge in [0.2, 0.25) is 0 Å². The summed E-state index contributed by atoms with van der Waals surface area (Å²) >= 11 is 0. The number of pyridine rings is 1. The average Bonchev–Trinajstić information content (AvgIpc) is 2.39. The highest BCUT2D eigenvalue weighted by atomic mass is 16.5. The van der Waals surface area contributed by atoms with Gasteiger partial charge in [-0.3, -0.25) is 9.78 Å². The summed E-state index contributed by atoms with van der Waals surface area (Å²) < 4.78 is 5.05. The third-order valence-corrected chi connectivity index (χ3v) is 2.56. The SMILES string of the molecule is O=C(O)C1CN(C(=O)c2ccncc2)CCO1. The summed E-state index contributed by atoms with van der Waals surface area (Å²) in [5.41, 5.74) is 0.506. The fourth-order valence-corrected chi connectivity index (χ4v) is 1.66. The molecule has 6 heteroatoms. The van der Waals surface area contributed by atoms with Crippen molar-refractivity contribution in [1.82, 2.24) is 9.88 Å². The molecule has 1 aliphatic heterocycles. The fourth-order valence-electron chi connectivity index (χ4n) is 1.66. The van der Waals surface area contributed by atoms with E-state index in [1.807, 2.05) is 0 Å². The van der Waals surface area contributed by atoms with Crippen LogP contribution in [0.5, 0.6) is 0 Å². The number of hydrogen-bond acceptors (Lipinski definition) is 4. The van der Waals surface area contributed by atoms with Crippen molar-refractivity contribution in [1.29, 1.82) is 0 Å². The number of carbonyl (C=O) groups excluding carboxylic acids is 1. The number of carboxylic acids is 1. The van der Waals surface area contributed by atoms with Crippen molar-refractivity contribution in [3.05, 3.63) is 30.1 Å². The highest BCUT2D eigenvalue weighted by molar-refractivity contribution is 5.94. The highest BCUT2D eigenvalue weighted by Gasteiger charge is 2.29. The molecule has 1 atom stereocenters. The van der Waals surface area contributed by atoms with Gasteiger partial charge in [-0.1, -0.05) is 0 Å². The Balaban J connectivity index is 2.07. The van der Waals surface area contributed by atoms with Crippen molar-refractivity contribution >= 4 is 11.9 Å². The van der Waals surface area contributed by atoms with Crippen molar-refractivity contribution in [3.63, 3.8) is 0 Å². The minimum atomic E-state index is -1.04. The van der Waals surface area contributed by atoms with E-state index in [1.54, 1.807) is 12.1 Å². The summed E-state index contributed by atoms with van der Waals surface area (Å²) in [5, 5.41) is 8.84. The van der Waals surface area contributed by atoms with Gasteiger partial charge < -0.3 is 14.7 Å². The Bertz CT molecular complexity index is 421. The first-order chi connectivity index (χ1) is 8.18. The molecule has 1 amide bonds. The molecule has 1 unspecified atom stereocenters. The maximum Gasteiger partial charge on any atom is 0.334 e. The number of carbonyl (C=O) groups is 2. The predicted molar refractivity (Wildman–Crippen MR) is 57.5 cm³/mol. The van der Waals surface area contributed by atoms with Gasteiger partial charge in [0.1, 0.15) is 0 Å². The van der Waals surface area contributed by atoms with Crippen LogP contribution in [-0.4, -0.2) is 52.7 Å². The maximum atomic E-state index is 12.0. The Morgan fingerprint density at radius 1 is 1.41 bits per heavy atom. The topological polar surface area (TPSA) is 79.7 Å². The van der Waals surface area contributed by atoms with Crippen LogP contribution in [-0.2, 0) is 9.53 Å². The molecular formula is C11H12N2O4. The van der Waals surface area contributed by atoms with Crippen molar-refractivity contribution in [2.45, 2.75) is 6.10 Å². The zero-order chi connectivity index (χ0) is 12.3. The molecule has 1 aromatic heterocycles. The highest BCUT2D eigenvalue weighted by Crippen LogP contribution is 2.10. The van der Waals surface area contributed by atoms with Crippen LogP contribution in [0.4, 0.5) is 0 Å².